The molecule has 13 heteroatoms. The Hall–Kier alpha value is -4.94. The Morgan fingerprint density at radius 2 is 1.12 bits per heavy atom. The zero-order valence-corrected chi connectivity index (χ0v) is 32.0. The predicted octanol–water partition coefficient (Wildman–Crippen LogP) is 9.72. The Kier molecular flexibility index (Phi) is 14.2. The van der Waals surface area contributed by atoms with E-state index in [1.165, 1.54) is 19.3 Å². The second-order valence-electron chi connectivity index (χ2n) is 11.3. The molecule has 5 aromatic rings. The summed E-state index contributed by atoms with van der Waals surface area (Å²) in [5.41, 5.74) is 5.23. The zero-order valence-electron chi connectivity index (χ0n) is 28.8. The van der Waals surface area contributed by atoms with Crippen LogP contribution in [0, 0.1) is 13.8 Å². The van der Waals surface area contributed by atoms with Crippen molar-refractivity contribution in [3.8, 4) is 17.2 Å². The number of ether oxygens (including phenoxy) is 3. The fourth-order valence-electron chi connectivity index (χ4n) is 4.71. The summed E-state index contributed by atoms with van der Waals surface area (Å²) in [4.78, 5) is 0. The first-order chi connectivity index (χ1) is 24.7. The van der Waals surface area contributed by atoms with E-state index >= 15 is 0 Å². The molecule has 272 valence electrons. The fraction of sp³-hybridized carbons (Fsp3) is 0.128. The highest BCUT2D eigenvalue weighted by molar-refractivity contribution is 7.96. The summed E-state index contributed by atoms with van der Waals surface area (Å²) in [6.07, 6.45) is 2.97. The highest BCUT2D eigenvalue weighted by atomic mass is 35.5. The lowest BCUT2D eigenvalue weighted by molar-refractivity contribution is 0.284. The van der Waals surface area contributed by atoms with Crippen LogP contribution < -0.4 is 23.7 Å². The van der Waals surface area contributed by atoms with Crippen molar-refractivity contribution in [3.63, 3.8) is 0 Å². The molecule has 0 spiro atoms. The number of rotatable bonds is 13. The van der Waals surface area contributed by atoms with Crippen LogP contribution in [-0.4, -0.2) is 31.1 Å². The summed E-state index contributed by atoms with van der Waals surface area (Å²) in [5, 5.41) is 3.29. The quantitative estimate of drug-likeness (QED) is 0.122. The summed E-state index contributed by atoms with van der Waals surface area (Å²) < 4.78 is 70.4. The summed E-state index contributed by atoms with van der Waals surface area (Å²) in [6, 6.07) is 31.8. The van der Waals surface area contributed by atoms with Crippen molar-refractivity contribution >= 4 is 66.8 Å². The minimum absolute atomic E-state index is 0.336. The minimum atomic E-state index is -3.72. The van der Waals surface area contributed by atoms with E-state index in [1.54, 1.807) is 92.0 Å². The number of hydrogen-bond acceptors (Lipinski definition) is 7. The van der Waals surface area contributed by atoms with E-state index in [1.807, 2.05) is 38.1 Å². The van der Waals surface area contributed by atoms with Gasteiger partial charge in [0.25, 0.3) is 20.0 Å². The van der Waals surface area contributed by atoms with Crippen molar-refractivity contribution in [3.05, 3.63) is 158 Å². The molecule has 0 bridgehead atoms. The molecule has 5 rings (SSSR count). The summed E-state index contributed by atoms with van der Waals surface area (Å²) in [7, 11) is -4.22. The van der Waals surface area contributed by atoms with Crippen LogP contribution in [-0.2, 0) is 26.7 Å². The van der Waals surface area contributed by atoms with Gasteiger partial charge in [0.05, 0.1) is 30.7 Å². The molecule has 0 amide bonds. The molecule has 5 aromatic carbocycles. The molecule has 0 aromatic heterocycles. The van der Waals surface area contributed by atoms with E-state index in [0.717, 1.165) is 27.5 Å². The van der Waals surface area contributed by atoms with Crippen molar-refractivity contribution in [2.24, 2.45) is 0 Å². The number of halogens is 2. The van der Waals surface area contributed by atoms with E-state index in [4.69, 9.17) is 37.4 Å². The molecule has 0 radical (unpaired) electrons. The van der Waals surface area contributed by atoms with E-state index in [2.05, 4.69) is 9.44 Å². The first kappa shape index (κ1) is 39.8. The fourth-order valence-corrected chi connectivity index (χ4v) is 6.83. The van der Waals surface area contributed by atoms with Gasteiger partial charge in [-0.2, -0.15) is 0 Å². The van der Waals surface area contributed by atoms with Gasteiger partial charge in [-0.3, -0.25) is 9.44 Å². The number of sulfonamides is 2. The zero-order chi connectivity index (χ0) is 37.7. The second-order valence-corrected chi connectivity index (χ2v) is 15.3. The van der Waals surface area contributed by atoms with Crippen LogP contribution in [0.1, 0.15) is 27.8 Å². The van der Waals surface area contributed by atoms with E-state index in [-0.39, 0.29) is 0 Å². The van der Waals surface area contributed by atoms with Crippen LogP contribution in [0.4, 0.5) is 11.4 Å². The molecule has 0 saturated heterocycles. The van der Waals surface area contributed by atoms with Gasteiger partial charge in [-0.25, -0.2) is 16.8 Å². The van der Waals surface area contributed by atoms with Crippen LogP contribution in [0.15, 0.2) is 120 Å². The summed E-state index contributed by atoms with van der Waals surface area (Å²) in [6.45, 7) is 4.19. The maximum Gasteiger partial charge on any atom is 0.255 e. The van der Waals surface area contributed by atoms with Gasteiger partial charge >= 0.3 is 0 Å². The maximum absolute atomic E-state index is 12.4. The van der Waals surface area contributed by atoms with Gasteiger partial charge in [0, 0.05) is 21.8 Å². The minimum Gasteiger partial charge on any atom is -0.496 e. The molecule has 0 aliphatic heterocycles. The van der Waals surface area contributed by atoms with Crippen molar-refractivity contribution < 1.29 is 31.0 Å². The molecule has 0 heterocycles. The molecule has 0 atom stereocenters. The molecule has 0 aliphatic carbocycles. The van der Waals surface area contributed by atoms with Crippen LogP contribution in [0.25, 0.3) is 12.2 Å². The van der Waals surface area contributed by atoms with Crippen LogP contribution in [0.3, 0.4) is 0 Å². The molecular formula is C39H38Cl2N2O7S2. The SMILES string of the molecule is COc1ccc(NS(=O)(=O)/C=C/c2cccc(Cl)c2)cc1C.COc1ccc(NS(=O)(=O)/C=C/c2cccc(Cl)c2)cc1OCc1cccc(C)c1. The Bertz CT molecular complexity index is 2280. The highest BCUT2D eigenvalue weighted by Gasteiger charge is 2.11. The Morgan fingerprint density at radius 1 is 0.596 bits per heavy atom. The molecule has 0 fully saturated rings. The topological polar surface area (TPSA) is 120 Å². The lowest BCUT2D eigenvalue weighted by Crippen LogP contribution is -2.09. The lowest BCUT2D eigenvalue weighted by Gasteiger charge is -2.13. The van der Waals surface area contributed by atoms with Gasteiger partial charge in [0.1, 0.15) is 12.4 Å². The van der Waals surface area contributed by atoms with Gasteiger partial charge in [0.15, 0.2) is 11.5 Å². The third kappa shape index (κ3) is 13.0. The first-order valence-corrected chi connectivity index (χ1v) is 19.5. The van der Waals surface area contributed by atoms with Gasteiger partial charge in [-0.05, 0) is 103 Å². The van der Waals surface area contributed by atoms with Crippen molar-refractivity contribution in [1.29, 1.82) is 0 Å². The van der Waals surface area contributed by atoms with Gasteiger partial charge in [-0.1, -0.05) is 77.3 Å². The molecule has 0 aliphatic rings. The number of anilines is 2. The first-order valence-electron chi connectivity index (χ1n) is 15.7. The van der Waals surface area contributed by atoms with Crippen molar-refractivity contribution in [2.75, 3.05) is 23.7 Å². The average Bonchev–Trinajstić information content (AvgIpc) is 3.09. The Morgan fingerprint density at radius 3 is 1.62 bits per heavy atom. The van der Waals surface area contributed by atoms with Gasteiger partial charge in [-0.15, -0.1) is 0 Å². The Balaban J connectivity index is 0.000000244. The standard InChI is InChI=1S/C23H22ClNO4S.C16H16ClNO3S/c1-17-5-3-7-19(13-17)16-29-23-15-21(9-10-22(23)28-2)25-30(26,27)12-11-18-6-4-8-20(24)14-18;1-12-10-15(6-7-16(12)21-2)18-22(19,20)9-8-13-4-3-5-14(17)11-13/h3-15,25H,16H2,1-2H3;3-11,18H,1-2H3/b12-11+;9-8+. The van der Waals surface area contributed by atoms with Crippen LogP contribution in [0.5, 0.6) is 17.2 Å². The second kappa shape index (κ2) is 18.5. The van der Waals surface area contributed by atoms with Gasteiger partial charge in [0.2, 0.25) is 0 Å². The lowest BCUT2D eigenvalue weighted by atomic mass is 10.1. The van der Waals surface area contributed by atoms with Gasteiger partial charge < -0.3 is 14.2 Å². The normalized spacial score (nSPS) is 11.5. The average molecular weight is 782 g/mol. The third-order valence-electron chi connectivity index (χ3n) is 7.13. The summed E-state index contributed by atoms with van der Waals surface area (Å²) in [5.74, 6) is 1.66. The largest absolute Gasteiger partial charge is 0.496 e. The number of hydrogen-bond donors (Lipinski definition) is 2. The predicted molar refractivity (Wildman–Crippen MR) is 212 cm³/mol. The van der Waals surface area contributed by atoms with E-state index in [9.17, 15) is 16.8 Å². The molecule has 2 N–H and O–H groups in total. The maximum atomic E-state index is 12.4. The number of nitrogens with one attached hydrogen (secondary N) is 2. The number of methoxy groups -OCH3 is 2. The molecule has 0 saturated carbocycles. The smallest absolute Gasteiger partial charge is 0.255 e. The van der Waals surface area contributed by atoms with E-state index in [0.29, 0.717) is 56.4 Å². The number of benzene rings is 5. The highest BCUT2D eigenvalue weighted by Crippen LogP contribution is 2.31. The van der Waals surface area contributed by atoms with Crippen molar-refractivity contribution in [1.82, 2.24) is 0 Å². The van der Waals surface area contributed by atoms with E-state index < -0.39 is 20.0 Å². The monoisotopic (exact) mass is 780 g/mol. The molecular weight excluding hydrogens is 743 g/mol. The van der Waals surface area contributed by atoms with Crippen LogP contribution in [0.2, 0.25) is 10.0 Å². The number of aryl methyl sites for hydroxylation is 2. The molecule has 9 nitrogen and oxygen atoms in total. The van der Waals surface area contributed by atoms with Crippen molar-refractivity contribution in [2.45, 2.75) is 20.5 Å². The molecule has 52 heavy (non-hydrogen) atoms. The molecule has 0 unspecified atom stereocenters. The third-order valence-corrected chi connectivity index (χ3v) is 9.63. The summed E-state index contributed by atoms with van der Waals surface area (Å²) >= 11 is 11.8. The Labute approximate surface area is 315 Å². The van der Waals surface area contributed by atoms with Crippen LogP contribution >= 0.6 is 23.2 Å².